The number of carbonyl (C=O) groups excluding carboxylic acids is 1. The zero-order valence-corrected chi connectivity index (χ0v) is 15.8. The second-order valence-electron chi connectivity index (χ2n) is 4.10. The molecular formula is C15H13BrClLiO3P. The number of benzene rings is 2. The molecule has 7 heteroatoms. The first-order valence-electron chi connectivity index (χ1n) is 6.04. The van der Waals surface area contributed by atoms with Gasteiger partial charge in [0.15, 0.2) is 11.3 Å². The van der Waals surface area contributed by atoms with E-state index in [4.69, 9.17) is 21.1 Å². The van der Waals surface area contributed by atoms with E-state index in [1.54, 1.807) is 6.07 Å². The number of methoxy groups -OCH3 is 2. The van der Waals surface area contributed by atoms with E-state index in [0.29, 0.717) is 26.6 Å². The minimum atomic E-state index is -0.0851. The molecule has 2 aromatic carbocycles. The standard InChI is InChI=1S/C15H13BrClO3P.Li/c1-19-13-10(16)8-11(17)14(20-2)12(13)15(18)21-9-6-4-3-5-7-9;/h3-8,21H,1-2H3;. The largest absolute Gasteiger partial charge is 0.495 e. The van der Waals surface area contributed by atoms with Gasteiger partial charge in [-0.2, -0.15) is 0 Å². The third-order valence-corrected chi connectivity index (χ3v) is 4.78. The Kier molecular flexibility index (Phi) is 7.97. The smallest absolute Gasteiger partial charge is 0.193 e. The normalized spacial score (nSPS) is 10.4. The quantitative estimate of drug-likeness (QED) is 0.570. The van der Waals surface area contributed by atoms with E-state index in [-0.39, 0.29) is 33.0 Å². The molecule has 0 aliphatic rings. The molecule has 0 N–H and O–H groups in total. The molecule has 0 aliphatic heterocycles. The van der Waals surface area contributed by atoms with E-state index >= 15 is 0 Å². The summed E-state index contributed by atoms with van der Waals surface area (Å²) in [6.45, 7) is 0. The molecule has 111 valence electrons. The first-order chi connectivity index (χ1) is 10.1. The Labute approximate surface area is 156 Å². The van der Waals surface area contributed by atoms with E-state index in [1.807, 2.05) is 30.3 Å². The van der Waals surface area contributed by atoms with E-state index in [0.717, 1.165) is 5.30 Å². The number of rotatable bonds is 5. The van der Waals surface area contributed by atoms with Gasteiger partial charge in [0.05, 0.1) is 23.7 Å². The Bertz CT molecular complexity index is 639. The zero-order valence-electron chi connectivity index (χ0n) is 12.4. The minimum absolute atomic E-state index is 0. The third kappa shape index (κ3) is 4.28. The molecule has 0 heterocycles. The molecular weight excluding hydrogens is 381 g/mol. The molecule has 0 aliphatic carbocycles. The second kappa shape index (κ2) is 8.96. The number of hydrogen-bond donors (Lipinski definition) is 0. The van der Waals surface area contributed by atoms with Crippen molar-refractivity contribution >= 4 is 65.8 Å². The van der Waals surface area contributed by atoms with Crippen LogP contribution in [0.15, 0.2) is 40.9 Å². The molecule has 2 aromatic rings. The maximum absolute atomic E-state index is 12.7. The Morgan fingerprint density at radius 2 is 1.73 bits per heavy atom. The fourth-order valence-electron chi connectivity index (χ4n) is 1.90. The van der Waals surface area contributed by atoms with Crippen LogP contribution in [-0.2, 0) is 0 Å². The molecule has 1 atom stereocenters. The van der Waals surface area contributed by atoms with Crippen LogP contribution in [0, 0.1) is 0 Å². The summed E-state index contributed by atoms with van der Waals surface area (Å²) in [6, 6.07) is 11.2. The van der Waals surface area contributed by atoms with Crippen molar-refractivity contribution in [2.24, 2.45) is 0 Å². The van der Waals surface area contributed by atoms with Crippen LogP contribution in [0.2, 0.25) is 5.02 Å². The van der Waals surface area contributed by atoms with Crippen molar-refractivity contribution < 1.29 is 14.3 Å². The second-order valence-corrected chi connectivity index (χ2v) is 6.64. The van der Waals surface area contributed by atoms with Gasteiger partial charge in [-0.05, 0) is 35.9 Å². The van der Waals surface area contributed by atoms with Crippen molar-refractivity contribution in [2.75, 3.05) is 14.2 Å². The average molecular weight is 395 g/mol. The summed E-state index contributed by atoms with van der Waals surface area (Å²) in [7, 11) is 2.96. The molecule has 0 saturated carbocycles. The number of ether oxygens (including phenoxy) is 2. The Balaban J connectivity index is 0.00000242. The number of hydrogen-bond acceptors (Lipinski definition) is 3. The van der Waals surface area contributed by atoms with Crippen LogP contribution in [0.5, 0.6) is 11.5 Å². The molecule has 0 amide bonds. The molecule has 0 aromatic heterocycles. The van der Waals surface area contributed by atoms with Crippen LogP contribution in [0.1, 0.15) is 10.4 Å². The summed E-state index contributed by atoms with van der Waals surface area (Å²) >= 11 is 9.51. The van der Waals surface area contributed by atoms with Gasteiger partial charge in [0, 0.05) is 18.9 Å². The van der Waals surface area contributed by atoms with E-state index < -0.39 is 0 Å². The predicted octanol–water partition coefficient (Wildman–Crippen LogP) is 3.88. The van der Waals surface area contributed by atoms with Crippen LogP contribution in [0.4, 0.5) is 0 Å². The van der Waals surface area contributed by atoms with Gasteiger partial charge < -0.3 is 9.47 Å². The maximum atomic E-state index is 12.7. The monoisotopic (exact) mass is 393 g/mol. The molecule has 22 heavy (non-hydrogen) atoms. The summed E-state index contributed by atoms with van der Waals surface area (Å²) in [5, 5.41) is 1.31. The fraction of sp³-hybridized carbons (Fsp3) is 0.133. The maximum Gasteiger partial charge on any atom is 0.193 e. The van der Waals surface area contributed by atoms with Gasteiger partial charge in [-0.1, -0.05) is 41.9 Å². The van der Waals surface area contributed by atoms with Crippen molar-refractivity contribution in [3.63, 3.8) is 0 Å². The zero-order chi connectivity index (χ0) is 15.4. The molecule has 0 bridgehead atoms. The number of halogens is 2. The van der Waals surface area contributed by atoms with Crippen molar-refractivity contribution in [3.05, 3.63) is 51.5 Å². The van der Waals surface area contributed by atoms with Gasteiger partial charge in [-0.3, -0.25) is 4.79 Å². The predicted molar refractivity (Wildman–Crippen MR) is 96.7 cm³/mol. The first-order valence-corrected chi connectivity index (χ1v) is 8.22. The van der Waals surface area contributed by atoms with Crippen LogP contribution >= 0.6 is 36.1 Å². The summed E-state index contributed by atoms with van der Waals surface area (Å²) in [4.78, 5) is 12.7. The van der Waals surface area contributed by atoms with E-state index in [2.05, 4.69) is 15.9 Å². The Hall–Kier alpha value is -0.493. The number of carbonyl (C=O) groups is 1. The molecule has 1 unspecified atom stereocenters. The first kappa shape index (κ1) is 19.6. The van der Waals surface area contributed by atoms with Gasteiger partial charge in [-0.25, -0.2) is 0 Å². The van der Waals surface area contributed by atoms with Crippen LogP contribution < -0.4 is 14.8 Å². The third-order valence-electron chi connectivity index (χ3n) is 2.81. The molecule has 2 rings (SSSR count). The molecule has 0 saturated heterocycles. The average Bonchev–Trinajstić information content (AvgIpc) is 2.47. The minimum Gasteiger partial charge on any atom is -0.495 e. The van der Waals surface area contributed by atoms with Crippen LogP contribution in [0.25, 0.3) is 0 Å². The Morgan fingerprint density at radius 3 is 2.27 bits per heavy atom. The van der Waals surface area contributed by atoms with Gasteiger partial charge in [0.25, 0.3) is 0 Å². The topological polar surface area (TPSA) is 35.5 Å². The van der Waals surface area contributed by atoms with Crippen molar-refractivity contribution in [3.8, 4) is 11.5 Å². The van der Waals surface area contributed by atoms with Crippen molar-refractivity contribution in [2.45, 2.75) is 0 Å². The van der Waals surface area contributed by atoms with Crippen LogP contribution in [-0.4, -0.2) is 38.6 Å². The molecule has 3 nitrogen and oxygen atoms in total. The Morgan fingerprint density at radius 1 is 1.14 bits per heavy atom. The molecule has 0 fully saturated rings. The van der Waals surface area contributed by atoms with E-state index in [1.165, 1.54) is 14.2 Å². The summed E-state index contributed by atoms with van der Waals surface area (Å²) in [5.74, 6) is 0.773. The summed E-state index contributed by atoms with van der Waals surface area (Å²) < 4.78 is 11.2. The molecule has 1 radical (unpaired) electrons. The summed E-state index contributed by atoms with van der Waals surface area (Å²) in [6.07, 6.45) is 0. The van der Waals surface area contributed by atoms with Gasteiger partial charge >= 0.3 is 0 Å². The van der Waals surface area contributed by atoms with Crippen LogP contribution in [0.3, 0.4) is 0 Å². The SMILES string of the molecule is COc1c(Cl)cc(Br)c(OC)c1C(=O)Pc1ccccc1.[Li]. The van der Waals surface area contributed by atoms with Crippen molar-refractivity contribution in [1.29, 1.82) is 0 Å². The van der Waals surface area contributed by atoms with Gasteiger partial charge in [-0.15, -0.1) is 0 Å². The van der Waals surface area contributed by atoms with Gasteiger partial charge in [0.1, 0.15) is 11.3 Å². The molecule has 0 spiro atoms. The van der Waals surface area contributed by atoms with Crippen molar-refractivity contribution in [1.82, 2.24) is 0 Å². The summed E-state index contributed by atoms with van der Waals surface area (Å²) in [5.41, 5.74) is 0.277. The van der Waals surface area contributed by atoms with E-state index in [9.17, 15) is 4.79 Å². The van der Waals surface area contributed by atoms with Gasteiger partial charge in [0.2, 0.25) is 0 Å². The fourth-order valence-corrected chi connectivity index (χ4v) is 3.88.